The topological polar surface area (TPSA) is 93.0 Å². The molecule has 84 valence electrons. The zero-order valence-corrected chi connectivity index (χ0v) is 8.57. The third kappa shape index (κ3) is 2.33. The minimum absolute atomic E-state index is 0.568. The number of rotatable bonds is 2. The highest BCUT2D eigenvalue weighted by atomic mass is 35.5. The Morgan fingerprint density at radius 2 is 2.00 bits per heavy atom. The Balaban J connectivity index is 3.73. The molecule has 0 fully saturated rings. The van der Waals surface area contributed by atoms with Crippen LogP contribution in [-0.2, 0) is 10.0 Å². The van der Waals surface area contributed by atoms with Crippen LogP contribution in [0.2, 0.25) is 5.02 Å². The van der Waals surface area contributed by atoms with E-state index in [0.29, 0.717) is 6.20 Å². The van der Waals surface area contributed by atoms with Gasteiger partial charge in [0.25, 0.3) is 12.0 Å². The van der Waals surface area contributed by atoms with Crippen LogP contribution in [0.3, 0.4) is 0 Å². The molecule has 0 saturated carbocycles. The fourth-order valence-corrected chi connectivity index (χ4v) is 2.26. The molecule has 0 aliphatic rings. The Kier molecular flexibility index (Phi) is 3.12. The van der Waals surface area contributed by atoms with E-state index in [1.165, 1.54) is 0 Å². The number of nitrogens with two attached hydrogens (primary N) is 1. The van der Waals surface area contributed by atoms with Crippen molar-refractivity contribution < 1.29 is 17.2 Å². The average molecular weight is 259 g/mol. The van der Waals surface area contributed by atoms with E-state index in [1.54, 1.807) is 0 Å². The molecule has 0 spiro atoms. The number of alkyl halides is 2. The van der Waals surface area contributed by atoms with Crippen molar-refractivity contribution in [2.45, 2.75) is 11.3 Å². The van der Waals surface area contributed by atoms with E-state index in [1.807, 2.05) is 4.98 Å². The van der Waals surface area contributed by atoms with Crippen molar-refractivity contribution >= 4 is 21.6 Å². The van der Waals surface area contributed by atoms with Crippen LogP contribution in [0.25, 0.3) is 0 Å². The molecular formula is C6H5ClF2N2O3S. The molecule has 0 atom stereocenters. The summed E-state index contributed by atoms with van der Waals surface area (Å²) in [5, 5.41) is 3.80. The second-order valence-electron chi connectivity index (χ2n) is 2.56. The van der Waals surface area contributed by atoms with Gasteiger partial charge in [0.1, 0.15) is 9.92 Å². The van der Waals surface area contributed by atoms with Gasteiger partial charge in [0, 0.05) is 6.20 Å². The molecule has 5 nitrogen and oxygen atoms in total. The number of hydrogen-bond acceptors (Lipinski definition) is 3. The van der Waals surface area contributed by atoms with Crippen LogP contribution in [0.4, 0.5) is 8.78 Å². The summed E-state index contributed by atoms with van der Waals surface area (Å²) in [6, 6.07) is 0. The van der Waals surface area contributed by atoms with Gasteiger partial charge in [0.2, 0.25) is 10.0 Å². The lowest BCUT2D eigenvalue weighted by atomic mass is 10.3. The molecule has 0 unspecified atom stereocenters. The molecule has 0 saturated heterocycles. The first kappa shape index (κ1) is 12.1. The summed E-state index contributed by atoms with van der Waals surface area (Å²) in [6.45, 7) is 0. The first-order chi connectivity index (χ1) is 6.75. The largest absolute Gasteiger partial charge is 0.327 e. The maximum Gasteiger partial charge on any atom is 0.268 e. The van der Waals surface area contributed by atoms with Gasteiger partial charge in [-0.15, -0.1) is 0 Å². The van der Waals surface area contributed by atoms with Crippen LogP contribution in [0, 0.1) is 0 Å². The van der Waals surface area contributed by atoms with Crippen molar-refractivity contribution in [2.24, 2.45) is 5.14 Å². The van der Waals surface area contributed by atoms with Crippen LogP contribution in [0.1, 0.15) is 12.0 Å². The lowest BCUT2D eigenvalue weighted by Crippen LogP contribution is -2.20. The van der Waals surface area contributed by atoms with Crippen LogP contribution < -0.4 is 10.7 Å². The summed E-state index contributed by atoms with van der Waals surface area (Å²) < 4.78 is 46.6. The Morgan fingerprint density at radius 3 is 2.40 bits per heavy atom. The van der Waals surface area contributed by atoms with E-state index in [-0.39, 0.29) is 0 Å². The van der Waals surface area contributed by atoms with Gasteiger partial charge < -0.3 is 4.98 Å². The first-order valence-corrected chi connectivity index (χ1v) is 5.39. The minimum atomic E-state index is -4.46. The van der Waals surface area contributed by atoms with Crippen molar-refractivity contribution in [2.75, 3.05) is 0 Å². The van der Waals surface area contributed by atoms with E-state index >= 15 is 0 Å². The summed E-state index contributed by atoms with van der Waals surface area (Å²) >= 11 is 5.29. The molecule has 3 N–H and O–H groups in total. The molecule has 9 heteroatoms. The van der Waals surface area contributed by atoms with Crippen molar-refractivity contribution in [1.82, 2.24) is 4.98 Å². The molecule has 1 aromatic heterocycles. The van der Waals surface area contributed by atoms with Gasteiger partial charge in [0.05, 0.1) is 5.56 Å². The lowest BCUT2D eigenvalue weighted by molar-refractivity contribution is 0.147. The molecule has 0 aliphatic heterocycles. The molecule has 1 aromatic rings. The molecular weight excluding hydrogens is 254 g/mol. The van der Waals surface area contributed by atoms with Crippen LogP contribution in [0.5, 0.6) is 0 Å². The summed E-state index contributed by atoms with van der Waals surface area (Å²) in [5.41, 5.74) is -1.92. The maximum absolute atomic E-state index is 12.4. The zero-order chi connectivity index (χ0) is 11.8. The van der Waals surface area contributed by atoms with E-state index in [4.69, 9.17) is 11.6 Å². The Hall–Kier alpha value is -0.990. The van der Waals surface area contributed by atoms with Gasteiger partial charge in [-0.3, -0.25) is 4.79 Å². The van der Waals surface area contributed by atoms with Gasteiger partial charge in [-0.05, 0) is 0 Å². The van der Waals surface area contributed by atoms with Gasteiger partial charge in [0.15, 0.2) is 0 Å². The molecule has 0 bridgehead atoms. The summed E-state index contributed by atoms with van der Waals surface area (Å²) in [4.78, 5) is 11.7. The van der Waals surface area contributed by atoms with Crippen LogP contribution in [-0.4, -0.2) is 13.4 Å². The van der Waals surface area contributed by atoms with Gasteiger partial charge in [-0.2, -0.15) is 0 Å². The first-order valence-electron chi connectivity index (χ1n) is 3.47. The van der Waals surface area contributed by atoms with E-state index in [9.17, 15) is 22.0 Å². The Bertz CT molecular complexity index is 540. The van der Waals surface area contributed by atoms with Gasteiger partial charge >= 0.3 is 0 Å². The monoisotopic (exact) mass is 258 g/mol. The Morgan fingerprint density at radius 1 is 1.47 bits per heavy atom. The fourth-order valence-electron chi connectivity index (χ4n) is 0.953. The average Bonchev–Trinajstić information content (AvgIpc) is 2.06. The lowest BCUT2D eigenvalue weighted by Gasteiger charge is -2.07. The van der Waals surface area contributed by atoms with Gasteiger partial charge in [-0.1, -0.05) is 11.6 Å². The number of pyridine rings is 1. The number of nitrogens with one attached hydrogen (secondary N) is 1. The maximum atomic E-state index is 12.4. The van der Waals surface area contributed by atoms with Crippen molar-refractivity contribution in [1.29, 1.82) is 0 Å². The third-order valence-electron chi connectivity index (χ3n) is 1.54. The quantitative estimate of drug-likeness (QED) is 0.814. The predicted molar refractivity (Wildman–Crippen MR) is 48.4 cm³/mol. The van der Waals surface area contributed by atoms with Crippen LogP contribution >= 0.6 is 11.6 Å². The molecule has 0 radical (unpaired) electrons. The Labute approximate surface area is 87.9 Å². The molecule has 0 aromatic carbocycles. The second kappa shape index (κ2) is 3.87. The van der Waals surface area contributed by atoms with Crippen molar-refractivity contribution in [3.05, 3.63) is 27.1 Å². The molecule has 1 rings (SSSR count). The highest BCUT2D eigenvalue weighted by Crippen LogP contribution is 2.28. The van der Waals surface area contributed by atoms with E-state index < -0.39 is 37.5 Å². The molecule has 15 heavy (non-hydrogen) atoms. The van der Waals surface area contributed by atoms with E-state index in [0.717, 1.165) is 0 Å². The zero-order valence-electron chi connectivity index (χ0n) is 7.00. The number of aromatic amines is 1. The number of primary sulfonamides is 1. The highest BCUT2D eigenvalue weighted by molar-refractivity contribution is 7.89. The predicted octanol–water partition coefficient (Wildman–Crippen LogP) is 0.613. The summed E-state index contributed by atoms with van der Waals surface area (Å²) in [7, 11) is -4.46. The molecule has 0 amide bonds. The summed E-state index contributed by atoms with van der Waals surface area (Å²) in [6.07, 6.45) is -2.54. The number of halogens is 3. The van der Waals surface area contributed by atoms with Gasteiger partial charge in [-0.25, -0.2) is 22.3 Å². The fraction of sp³-hybridized carbons (Fsp3) is 0.167. The van der Waals surface area contributed by atoms with Crippen molar-refractivity contribution in [3.8, 4) is 0 Å². The summed E-state index contributed by atoms with van der Waals surface area (Å²) in [5.74, 6) is 0. The second-order valence-corrected chi connectivity index (χ2v) is 4.44. The standard InChI is InChI=1S/C6H5ClF2N2O3S/c7-3-4(15(10,13)14)2(5(8)9)1-11-6(3)12/h1,5H,(H,11,12)(H2,10,13,14). The molecule has 0 aliphatic carbocycles. The molecule has 1 heterocycles. The highest BCUT2D eigenvalue weighted by Gasteiger charge is 2.25. The number of H-pyrrole nitrogens is 1. The minimum Gasteiger partial charge on any atom is -0.327 e. The third-order valence-corrected chi connectivity index (χ3v) is 3.02. The van der Waals surface area contributed by atoms with Crippen LogP contribution in [0.15, 0.2) is 15.9 Å². The number of sulfonamides is 1. The normalized spacial score (nSPS) is 12.1. The smallest absolute Gasteiger partial charge is 0.268 e. The van der Waals surface area contributed by atoms with Crippen molar-refractivity contribution in [3.63, 3.8) is 0 Å². The van der Waals surface area contributed by atoms with E-state index in [2.05, 4.69) is 5.14 Å². The number of hydrogen-bond donors (Lipinski definition) is 2. The SMILES string of the molecule is NS(=O)(=O)c1c(C(F)F)c[nH]c(=O)c1Cl. The number of aromatic nitrogens is 1.